The van der Waals surface area contributed by atoms with Gasteiger partial charge in [-0.2, -0.15) is 0 Å². The Labute approximate surface area is 82.7 Å². The summed E-state index contributed by atoms with van der Waals surface area (Å²) in [6.07, 6.45) is 3.98. The Hall–Kier alpha value is -1.36. The molecule has 0 atom stereocenters. The highest BCUT2D eigenvalue weighted by molar-refractivity contribution is 7.95. The average Bonchev–Trinajstić information content (AvgIpc) is 2.16. The first-order valence-electron chi connectivity index (χ1n) is 4.30. The van der Waals surface area contributed by atoms with Gasteiger partial charge in [-0.05, 0) is 18.6 Å². The molecule has 0 aliphatic carbocycles. The molecule has 0 amide bonds. The summed E-state index contributed by atoms with van der Waals surface area (Å²) in [5, 5.41) is 1.16. The summed E-state index contributed by atoms with van der Waals surface area (Å²) < 4.78 is 24.7. The van der Waals surface area contributed by atoms with Crippen LogP contribution in [0.3, 0.4) is 0 Å². The lowest BCUT2D eigenvalue weighted by Crippen LogP contribution is -2.13. The van der Waals surface area contributed by atoms with Crippen molar-refractivity contribution >= 4 is 21.8 Å². The third-order valence-electron chi connectivity index (χ3n) is 2.03. The number of aromatic nitrogens is 1. The van der Waals surface area contributed by atoms with E-state index in [1.165, 1.54) is 0 Å². The van der Waals surface area contributed by atoms with Crippen LogP contribution < -0.4 is 4.72 Å². The van der Waals surface area contributed by atoms with E-state index in [0.717, 1.165) is 23.1 Å². The second kappa shape index (κ2) is 3.09. The molecule has 4 nitrogen and oxygen atoms in total. The highest BCUT2D eigenvalue weighted by atomic mass is 32.2. The van der Waals surface area contributed by atoms with Gasteiger partial charge in [0.25, 0.3) is 10.0 Å². The fraction of sp³-hybridized carbons (Fsp3) is 0.222. The molecule has 1 aliphatic heterocycles. The highest BCUT2D eigenvalue weighted by Crippen LogP contribution is 2.23. The van der Waals surface area contributed by atoms with E-state index >= 15 is 0 Å². The van der Waals surface area contributed by atoms with Crippen LogP contribution in [-0.4, -0.2) is 13.4 Å². The molecule has 14 heavy (non-hydrogen) atoms. The van der Waals surface area contributed by atoms with E-state index in [1.807, 2.05) is 13.0 Å². The summed E-state index contributed by atoms with van der Waals surface area (Å²) in [6, 6.07) is 1.88. The molecule has 5 heteroatoms. The zero-order chi connectivity index (χ0) is 10.2. The van der Waals surface area contributed by atoms with Gasteiger partial charge >= 0.3 is 0 Å². The molecule has 1 aromatic rings. The van der Waals surface area contributed by atoms with Crippen molar-refractivity contribution in [2.45, 2.75) is 13.3 Å². The maximum atomic E-state index is 11.1. The largest absolute Gasteiger partial charge is 0.278 e. The normalized spacial score (nSPS) is 17.2. The second-order valence-electron chi connectivity index (χ2n) is 3.07. The molecule has 74 valence electrons. The molecule has 0 saturated heterocycles. The summed E-state index contributed by atoms with van der Waals surface area (Å²) >= 11 is 0. The molecule has 0 aromatic carbocycles. The van der Waals surface area contributed by atoms with Crippen LogP contribution in [0.5, 0.6) is 0 Å². The molecule has 0 spiro atoms. The van der Waals surface area contributed by atoms with Crippen molar-refractivity contribution in [3.63, 3.8) is 0 Å². The summed E-state index contributed by atoms with van der Waals surface area (Å²) in [5.74, 6) is 0. The van der Waals surface area contributed by atoms with Gasteiger partial charge in [-0.1, -0.05) is 6.92 Å². The lowest BCUT2D eigenvalue weighted by Gasteiger charge is -2.12. The highest BCUT2D eigenvalue weighted by Gasteiger charge is 2.14. The molecule has 0 saturated carbocycles. The van der Waals surface area contributed by atoms with Crippen molar-refractivity contribution < 1.29 is 8.42 Å². The van der Waals surface area contributed by atoms with Crippen molar-refractivity contribution in [1.29, 1.82) is 0 Å². The maximum Gasteiger partial charge on any atom is 0.255 e. The van der Waals surface area contributed by atoms with E-state index in [9.17, 15) is 8.42 Å². The number of nitrogens with zero attached hydrogens (tertiary/aromatic N) is 1. The molecule has 0 radical (unpaired) electrons. The lowest BCUT2D eigenvalue weighted by molar-refractivity contribution is 0.609. The van der Waals surface area contributed by atoms with Crippen molar-refractivity contribution in [2.75, 3.05) is 4.72 Å². The molecule has 0 bridgehead atoms. The first kappa shape index (κ1) is 9.21. The number of rotatable bonds is 1. The van der Waals surface area contributed by atoms with Gasteiger partial charge in [0.2, 0.25) is 0 Å². The van der Waals surface area contributed by atoms with Crippen LogP contribution in [0.15, 0.2) is 17.7 Å². The van der Waals surface area contributed by atoms with Gasteiger partial charge in [0.15, 0.2) is 0 Å². The number of aryl methyl sites for hydroxylation is 1. The predicted molar refractivity (Wildman–Crippen MR) is 55.2 cm³/mol. The molecule has 1 aromatic heterocycles. The number of nitrogens with one attached hydrogen (secondary N) is 1. The minimum absolute atomic E-state index is 0.546. The van der Waals surface area contributed by atoms with E-state index in [-0.39, 0.29) is 0 Å². The fourth-order valence-electron chi connectivity index (χ4n) is 1.28. The van der Waals surface area contributed by atoms with E-state index in [4.69, 9.17) is 0 Å². The third kappa shape index (κ3) is 1.63. The third-order valence-corrected chi connectivity index (χ3v) is 3.03. The monoisotopic (exact) mass is 210 g/mol. The van der Waals surface area contributed by atoms with Crippen LogP contribution in [0, 0.1) is 0 Å². The second-order valence-corrected chi connectivity index (χ2v) is 4.63. The number of hydrogen-bond donors (Lipinski definition) is 1. The number of sulfonamides is 1. The van der Waals surface area contributed by atoms with Crippen molar-refractivity contribution in [3.05, 3.63) is 28.9 Å². The summed E-state index contributed by atoms with van der Waals surface area (Å²) in [7, 11) is -3.29. The molecular weight excluding hydrogens is 200 g/mol. The Morgan fingerprint density at radius 1 is 1.50 bits per heavy atom. The van der Waals surface area contributed by atoms with Crippen LogP contribution in [0.2, 0.25) is 0 Å². The Bertz CT molecular complexity index is 492. The Morgan fingerprint density at radius 2 is 2.29 bits per heavy atom. The van der Waals surface area contributed by atoms with Crippen LogP contribution in [0.4, 0.5) is 5.69 Å². The fourth-order valence-corrected chi connectivity index (χ4v) is 2.15. The molecule has 0 unspecified atom stereocenters. The molecule has 1 aliphatic rings. The first-order valence-corrected chi connectivity index (χ1v) is 5.85. The Balaban J connectivity index is 2.51. The summed E-state index contributed by atoms with van der Waals surface area (Å²) in [5.41, 5.74) is 2.37. The van der Waals surface area contributed by atoms with Gasteiger partial charge in [-0.25, -0.2) is 8.42 Å². The van der Waals surface area contributed by atoms with Gasteiger partial charge < -0.3 is 0 Å². The van der Waals surface area contributed by atoms with Crippen molar-refractivity contribution in [2.24, 2.45) is 0 Å². The van der Waals surface area contributed by atoms with Gasteiger partial charge in [0, 0.05) is 11.3 Å². The van der Waals surface area contributed by atoms with Crippen LogP contribution in [0.25, 0.3) is 6.08 Å². The number of anilines is 1. The van der Waals surface area contributed by atoms with Crippen molar-refractivity contribution in [3.8, 4) is 0 Å². The van der Waals surface area contributed by atoms with Crippen LogP contribution in [-0.2, 0) is 16.4 Å². The SMILES string of the molecule is CCc1cc2c(cn1)NS(=O)(=O)C=C2. The minimum atomic E-state index is -3.29. The summed E-state index contributed by atoms with van der Waals surface area (Å²) in [6.45, 7) is 2.01. The number of fused-ring (bicyclic) bond motifs is 1. The molecule has 2 heterocycles. The smallest absolute Gasteiger partial charge is 0.255 e. The molecule has 1 N–H and O–H groups in total. The van der Waals surface area contributed by atoms with Gasteiger partial charge in [0.1, 0.15) is 0 Å². The van der Waals surface area contributed by atoms with Gasteiger partial charge in [0.05, 0.1) is 17.3 Å². The van der Waals surface area contributed by atoms with Crippen molar-refractivity contribution in [1.82, 2.24) is 4.98 Å². The Morgan fingerprint density at radius 3 is 3.00 bits per heavy atom. The number of pyridine rings is 1. The standard InChI is InChI=1S/C9H10N2O2S/c1-2-8-5-7-3-4-14(12,13)11-9(7)6-10-8/h3-6,11H,2H2,1H3. The van der Waals surface area contributed by atoms with E-state index in [1.54, 1.807) is 12.3 Å². The van der Waals surface area contributed by atoms with E-state index in [2.05, 4.69) is 9.71 Å². The average molecular weight is 210 g/mol. The lowest BCUT2D eigenvalue weighted by atomic mass is 10.2. The van der Waals surface area contributed by atoms with Gasteiger partial charge in [-0.3, -0.25) is 9.71 Å². The van der Waals surface area contributed by atoms with Gasteiger partial charge in [-0.15, -0.1) is 0 Å². The van der Waals surface area contributed by atoms with E-state index in [0.29, 0.717) is 5.69 Å². The Kier molecular flexibility index (Phi) is 2.03. The van der Waals surface area contributed by atoms with Crippen LogP contribution in [0.1, 0.15) is 18.2 Å². The topological polar surface area (TPSA) is 59.1 Å². The molecule has 2 rings (SSSR count). The summed E-state index contributed by atoms with van der Waals surface area (Å²) in [4.78, 5) is 4.12. The van der Waals surface area contributed by atoms with E-state index < -0.39 is 10.0 Å². The quantitative estimate of drug-likeness (QED) is 0.761. The maximum absolute atomic E-state index is 11.1. The molecular formula is C9H10N2O2S. The molecule has 0 fully saturated rings. The predicted octanol–water partition coefficient (Wildman–Crippen LogP) is 1.37. The van der Waals surface area contributed by atoms with Crippen LogP contribution >= 0.6 is 0 Å². The zero-order valence-corrected chi connectivity index (χ0v) is 8.50. The number of hydrogen-bond acceptors (Lipinski definition) is 3. The first-order chi connectivity index (χ1) is 6.61. The minimum Gasteiger partial charge on any atom is -0.278 e. The zero-order valence-electron chi connectivity index (χ0n) is 7.69.